The zero-order valence-electron chi connectivity index (χ0n) is 18.2. The van der Waals surface area contributed by atoms with E-state index in [1.54, 1.807) is 12.1 Å². The topological polar surface area (TPSA) is 58.6 Å². The van der Waals surface area contributed by atoms with Crippen molar-refractivity contribution in [3.8, 4) is 5.75 Å². The van der Waals surface area contributed by atoms with Crippen LogP contribution in [0, 0.1) is 18.7 Å². The maximum atomic E-state index is 13.8. The third kappa shape index (κ3) is 6.87. The molecular weight excluding hydrogens is 383 g/mol. The van der Waals surface area contributed by atoms with Crippen molar-refractivity contribution in [1.29, 1.82) is 0 Å². The zero-order chi connectivity index (χ0) is 22.1. The Bertz CT molecular complexity index is 837. The van der Waals surface area contributed by atoms with E-state index in [0.717, 1.165) is 11.1 Å². The van der Waals surface area contributed by atoms with Gasteiger partial charge in [0.2, 0.25) is 5.91 Å². The quantitative estimate of drug-likeness (QED) is 0.637. The average molecular weight is 415 g/mol. The van der Waals surface area contributed by atoms with Gasteiger partial charge in [-0.05, 0) is 37.0 Å². The fourth-order valence-electron chi connectivity index (χ4n) is 3.02. The molecule has 6 heteroatoms. The van der Waals surface area contributed by atoms with Gasteiger partial charge in [-0.2, -0.15) is 0 Å². The van der Waals surface area contributed by atoms with E-state index in [2.05, 4.69) is 5.32 Å². The lowest BCUT2D eigenvalue weighted by atomic mass is 10.1. The zero-order valence-corrected chi connectivity index (χ0v) is 18.2. The Kier molecular flexibility index (Phi) is 8.84. The number of halogens is 1. The van der Waals surface area contributed by atoms with E-state index in [9.17, 15) is 14.0 Å². The summed E-state index contributed by atoms with van der Waals surface area (Å²) in [4.78, 5) is 27.3. The smallest absolute Gasteiger partial charge is 0.261 e. The van der Waals surface area contributed by atoms with E-state index in [-0.39, 0.29) is 30.7 Å². The van der Waals surface area contributed by atoms with E-state index < -0.39 is 11.9 Å². The van der Waals surface area contributed by atoms with Crippen LogP contribution in [0.4, 0.5) is 4.39 Å². The largest absolute Gasteiger partial charge is 0.481 e. The predicted octanol–water partition coefficient (Wildman–Crippen LogP) is 4.09. The van der Waals surface area contributed by atoms with Crippen LogP contribution in [-0.2, 0) is 16.1 Å². The summed E-state index contributed by atoms with van der Waals surface area (Å²) in [5.41, 5.74) is 2.02. The fraction of sp³-hybridized carbons (Fsp3) is 0.417. The number of benzene rings is 2. The molecule has 0 fully saturated rings. The maximum absolute atomic E-state index is 13.8. The van der Waals surface area contributed by atoms with Crippen LogP contribution in [0.1, 0.15) is 38.3 Å². The number of carbonyl (C=O) groups excluding carboxylic acids is 2. The molecule has 0 spiro atoms. The first-order chi connectivity index (χ1) is 14.3. The van der Waals surface area contributed by atoms with E-state index in [4.69, 9.17) is 4.74 Å². The normalized spacial score (nSPS) is 11.8. The van der Waals surface area contributed by atoms with Crippen molar-refractivity contribution in [2.24, 2.45) is 5.92 Å². The van der Waals surface area contributed by atoms with Crippen LogP contribution < -0.4 is 10.1 Å². The van der Waals surface area contributed by atoms with Crippen molar-refractivity contribution in [1.82, 2.24) is 10.2 Å². The third-order valence-electron chi connectivity index (χ3n) is 4.73. The molecule has 0 radical (unpaired) electrons. The van der Waals surface area contributed by atoms with Crippen molar-refractivity contribution in [3.05, 3.63) is 65.5 Å². The van der Waals surface area contributed by atoms with Crippen LogP contribution in [0.15, 0.2) is 48.5 Å². The number of para-hydroxylation sites is 1. The molecule has 162 valence electrons. The number of hydrogen-bond donors (Lipinski definition) is 1. The summed E-state index contributed by atoms with van der Waals surface area (Å²) in [6.07, 6.45) is 0.460. The van der Waals surface area contributed by atoms with Crippen LogP contribution >= 0.6 is 0 Å². The Morgan fingerprint density at radius 3 is 2.37 bits per heavy atom. The summed E-state index contributed by atoms with van der Waals surface area (Å²) >= 11 is 0. The molecule has 0 unspecified atom stereocenters. The molecule has 0 saturated heterocycles. The second-order valence-corrected chi connectivity index (χ2v) is 7.79. The first-order valence-corrected chi connectivity index (χ1v) is 10.3. The van der Waals surface area contributed by atoms with Crippen molar-refractivity contribution in [2.75, 3.05) is 13.2 Å². The highest BCUT2D eigenvalue weighted by atomic mass is 19.1. The van der Waals surface area contributed by atoms with Crippen LogP contribution in [0.5, 0.6) is 5.75 Å². The number of carbonyl (C=O) groups is 2. The molecular formula is C24H31FN2O3. The summed E-state index contributed by atoms with van der Waals surface area (Å²) in [5.74, 6) is -0.782. The highest BCUT2D eigenvalue weighted by Gasteiger charge is 2.29. The van der Waals surface area contributed by atoms with Gasteiger partial charge in [0.1, 0.15) is 6.04 Å². The van der Waals surface area contributed by atoms with Crippen molar-refractivity contribution in [2.45, 2.75) is 46.7 Å². The van der Waals surface area contributed by atoms with Gasteiger partial charge in [-0.25, -0.2) is 4.39 Å². The number of ether oxygens (including phenoxy) is 1. The standard InChI is InChI=1S/C24H31FN2O3/c1-5-21(24(29)26-14-17(2)3)27(15-19-12-10-18(4)11-13-19)23(28)16-30-22-9-7-6-8-20(22)25/h6-13,17,21H,5,14-16H2,1-4H3,(H,26,29)/t21-/m0/s1. The van der Waals surface area contributed by atoms with Gasteiger partial charge in [0.25, 0.3) is 5.91 Å². The molecule has 2 amide bonds. The second kappa shape index (κ2) is 11.3. The maximum Gasteiger partial charge on any atom is 0.261 e. The Morgan fingerprint density at radius 1 is 1.10 bits per heavy atom. The van der Waals surface area contributed by atoms with Gasteiger partial charge in [0.15, 0.2) is 18.2 Å². The molecule has 1 N–H and O–H groups in total. The van der Waals surface area contributed by atoms with Crippen LogP contribution in [0.25, 0.3) is 0 Å². The third-order valence-corrected chi connectivity index (χ3v) is 4.73. The first kappa shape index (κ1) is 23.4. The molecule has 2 aromatic carbocycles. The summed E-state index contributed by atoms with van der Waals surface area (Å²) < 4.78 is 19.3. The summed E-state index contributed by atoms with van der Waals surface area (Å²) in [6.45, 7) is 8.34. The van der Waals surface area contributed by atoms with Crippen molar-refractivity contribution >= 4 is 11.8 Å². The monoisotopic (exact) mass is 414 g/mol. The van der Waals surface area contributed by atoms with Gasteiger partial charge < -0.3 is 15.0 Å². The van der Waals surface area contributed by atoms with Gasteiger partial charge in [-0.1, -0.05) is 62.7 Å². The summed E-state index contributed by atoms with van der Waals surface area (Å²) in [7, 11) is 0. The molecule has 0 bridgehead atoms. The van der Waals surface area contributed by atoms with Gasteiger partial charge in [0, 0.05) is 13.1 Å². The van der Waals surface area contributed by atoms with Crippen molar-refractivity contribution < 1.29 is 18.7 Å². The minimum Gasteiger partial charge on any atom is -0.481 e. The summed E-state index contributed by atoms with van der Waals surface area (Å²) in [6, 6.07) is 13.1. The highest BCUT2D eigenvalue weighted by molar-refractivity contribution is 5.88. The van der Waals surface area contributed by atoms with Gasteiger partial charge in [-0.3, -0.25) is 9.59 Å². The second-order valence-electron chi connectivity index (χ2n) is 7.79. The Balaban J connectivity index is 2.19. The lowest BCUT2D eigenvalue weighted by Gasteiger charge is -2.31. The lowest BCUT2D eigenvalue weighted by Crippen LogP contribution is -2.50. The van der Waals surface area contributed by atoms with E-state index in [1.807, 2.05) is 52.0 Å². The van der Waals surface area contributed by atoms with Crippen LogP contribution in [-0.4, -0.2) is 35.9 Å². The molecule has 0 aliphatic heterocycles. The lowest BCUT2D eigenvalue weighted by molar-refractivity contribution is -0.143. The minimum absolute atomic E-state index is 0.0124. The van der Waals surface area contributed by atoms with Gasteiger partial charge in [-0.15, -0.1) is 0 Å². The predicted molar refractivity (Wildman–Crippen MR) is 116 cm³/mol. The van der Waals surface area contributed by atoms with Gasteiger partial charge >= 0.3 is 0 Å². The first-order valence-electron chi connectivity index (χ1n) is 10.3. The molecule has 0 aliphatic rings. The molecule has 0 saturated carbocycles. The Hall–Kier alpha value is -2.89. The molecule has 2 aromatic rings. The molecule has 0 heterocycles. The Morgan fingerprint density at radius 2 is 1.77 bits per heavy atom. The molecule has 5 nitrogen and oxygen atoms in total. The number of nitrogens with zero attached hydrogens (tertiary/aromatic N) is 1. The van der Waals surface area contributed by atoms with E-state index in [1.165, 1.54) is 17.0 Å². The van der Waals surface area contributed by atoms with Crippen molar-refractivity contribution in [3.63, 3.8) is 0 Å². The SMILES string of the molecule is CC[C@@H](C(=O)NCC(C)C)N(Cc1ccc(C)cc1)C(=O)COc1ccccc1F. The van der Waals surface area contributed by atoms with E-state index in [0.29, 0.717) is 18.9 Å². The highest BCUT2D eigenvalue weighted by Crippen LogP contribution is 2.17. The summed E-state index contributed by atoms with van der Waals surface area (Å²) in [5, 5.41) is 2.91. The van der Waals surface area contributed by atoms with E-state index >= 15 is 0 Å². The molecule has 0 aromatic heterocycles. The average Bonchev–Trinajstić information content (AvgIpc) is 2.72. The molecule has 2 rings (SSSR count). The number of amides is 2. The fourth-order valence-corrected chi connectivity index (χ4v) is 3.02. The van der Waals surface area contributed by atoms with Crippen LogP contribution in [0.3, 0.4) is 0 Å². The number of rotatable bonds is 10. The Labute approximate surface area is 178 Å². The number of hydrogen-bond acceptors (Lipinski definition) is 3. The molecule has 1 atom stereocenters. The molecule has 30 heavy (non-hydrogen) atoms. The minimum atomic E-state index is -0.637. The van der Waals surface area contributed by atoms with Crippen LogP contribution in [0.2, 0.25) is 0 Å². The van der Waals surface area contributed by atoms with Gasteiger partial charge in [0.05, 0.1) is 0 Å². The number of nitrogens with one attached hydrogen (secondary N) is 1. The molecule has 0 aliphatic carbocycles. The number of aryl methyl sites for hydroxylation is 1.